The summed E-state index contributed by atoms with van der Waals surface area (Å²) in [4.78, 5) is 6.58. The minimum atomic E-state index is -0.481. The van der Waals surface area contributed by atoms with Crippen LogP contribution in [-0.4, -0.2) is 30.0 Å². The molecule has 1 aliphatic heterocycles. The summed E-state index contributed by atoms with van der Waals surface area (Å²) < 4.78 is 27.5. The van der Waals surface area contributed by atoms with Gasteiger partial charge in [0, 0.05) is 24.6 Å². The Balaban J connectivity index is 1.68. The maximum atomic E-state index is 13.7. The van der Waals surface area contributed by atoms with Gasteiger partial charge in [-0.25, -0.2) is 13.8 Å². The van der Waals surface area contributed by atoms with Crippen LogP contribution in [0.2, 0.25) is 0 Å². The highest BCUT2D eigenvalue weighted by Crippen LogP contribution is 2.45. The van der Waals surface area contributed by atoms with Crippen molar-refractivity contribution in [2.45, 2.75) is 44.1 Å². The quantitative estimate of drug-likeness (QED) is 0.673. The highest BCUT2D eigenvalue weighted by atomic mass is 19.1. The van der Waals surface area contributed by atoms with Crippen molar-refractivity contribution >= 4 is 5.96 Å². The van der Waals surface area contributed by atoms with E-state index >= 15 is 0 Å². The van der Waals surface area contributed by atoms with E-state index in [9.17, 15) is 8.78 Å². The fourth-order valence-corrected chi connectivity index (χ4v) is 3.05. The van der Waals surface area contributed by atoms with Crippen LogP contribution in [0.5, 0.6) is 0 Å². The van der Waals surface area contributed by atoms with E-state index in [0.717, 1.165) is 25.9 Å². The lowest BCUT2D eigenvalue weighted by atomic mass is 10.1. The van der Waals surface area contributed by atoms with Gasteiger partial charge in [0.05, 0.1) is 6.04 Å². The zero-order valence-corrected chi connectivity index (χ0v) is 12.1. The molecule has 1 aromatic rings. The van der Waals surface area contributed by atoms with E-state index in [1.165, 1.54) is 31.0 Å². The topological polar surface area (TPSA) is 41.6 Å². The summed E-state index contributed by atoms with van der Waals surface area (Å²) >= 11 is 0. The minimum Gasteiger partial charge on any atom is -0.370 e. The van der Waals surface area contributed by atoms with E-state index in [2.05, 4.69) is 9.89 Å². The SMILES string of the molecule is NC(=NC1CC1c1c(F)cccc1F)N1CCCCCC1. The number of rotatable bonds is 2. The summed E-state index contributed by atoms with van der Waals surface area (Å²) in [5.74, 6) is -0.602. The molecule has 3 nitrogen and oxygen atoms in total. The van der Waals surface area contributed by atoms with Crippen LogP contribution in [0.15, 0.2) is 23.2 Å². The molecule has 0 bridgehead atoms. The smallest absolute Gasteiger partial charge is 0.191 e. The Hall–Kier alpha value is -1.65. The molecule has 0 radical (unpaired) electrons. The predicted molar refractivity (Wildman–Crippen MR) is 79.2 cm³/mol. The lowest BCUT2D eigenvalue weighted by molar-refractivity contribution is 0.428. The van der Waals surface area contributed by atoms with Crippen molar-refractivity contribution in [2.24, 2.45) is 10.7 Å². The molecular weight excluding hydrogens is 272 g/mol. The van der Waals surface area contributed by atoms with Gasteiger partial charge in [0.25, 0.3) is 0 Å². The molecule has 1 saturated heterocycles. The molecule has 2 aliphatic rings. The van der Waals surface area contributed by atoms with Gasteiger partial charge >= 0.3 is 0 Å². The van der Waals surface area contributed by atoms with E-state index in [-0.39, 0.29) is 17.5 Å². The van der Waals surface area contributed by atoms with Crippen LogP contribution in [0.1, 0.15) is 43.6 Å². The van der Waals surface area contributed by atoms with Gasteiger partial charge in [0.2, 0.25) is 0 Å². The molecule has 2 unspecified atom stereocenters. The molecule has 1 aliphatic carbocycles. The summed E-state index contributed by atoms with van der Waals surface area (Å²) in [6.07, 6.45) is 5.40. The molecule has 2 atom stereocenters. The average molecular weight is 293 g/mol. The van der Waals surface area contributed by atoms with Gasteiger partial charge in [0.1, 0.15) is 11.6 Å². The Bertz CT molecular complexity index is 516. The second-order valence-corrected chi connectivity index (χ2v) is 5.93. The molecule has 0 amide bonds. The minimum absolute atomic E-state index is 0.0837. The van der Waals surface area contributed by atoms with Crippen LogP contribution < -0.4 is 5.73 Å². The van der Waals surface area contributed by atoms with Crippen LogP contribution in [0.4, 0.5) is 8.78 Å². The lowest BCUT2D eigenvalue weighted by Crippen LogP contribution is -2.38. The van der Waals surface area contributed by atoms with Gasteiger partial charge in [-0.2, -0.15) is 0 Å². The zero-order chi connectivity index (χ0) is 14.8. The predicted octanol–water partition coefficient (Wildman–Crippen LogP) is 3.01. The molecule has 2 N–H and O–H groups in total. The standard InChI is InChI=1S/C16H21F2N3/c17-12-6-5-7-13(18)15(12)11-10-14(11)20-16(19)21-8-3-1-2-4-9-21/h5-7,11,14H,1-4,8-10H2,(H2,19,20). The second-order valence-electron chi connectivity index (χ2n) is 5.93. The number of halogens is 2. The Morgan fingerprint density at radius 2 is 1.71 bits per heavy atom. The summed E-state index contributed by atoms with van der Waals surface area (Å²) in [5.41, 5.74) is 6.23. The zero-order valence-electron chi connectivity index (χ0n) is 12.1. The summed E-state index contributed by atoms with van der Waals surface area (Å²) in [5, 5.41) is 0. The van der Waals surface area contributed by atoms with E-state index in [4.69, 9.17) is 5.73 Å². The molecule has 3 rings (SSSR count). The molecule has 114 valence electrons. The maximum absolute atomic E-state index is 13.7. The molecule has 5 heteroatoms. The molecular formula is C16H21F2N3. The molecule has 1 heterocycles. The van der Waals surface area contributed by atoms with E-state index in [1.54, 1.807) is 0 Å². The highest BCUT2D eigenvalue weighted by Gasteiger charge is 2.42. The monoisotopic (exact) mass is 293 g/mol. The Morgan fingerprint density at radius 3 is 2.33 bits per heavy atom. The first-order valence-electron chi connectivity index (χ1n) is 7.69. The first-order valence-corrected chi connectivity index (χ1v) is 7.69. The van der Waals surface area contributed by atoms with Gasteiger partial charge in [0.15, 0.2) is 5.96 Å². The maximum Gasteiger partial charge on any atom is 0.191 e. The average Bonchev–Trinajstić information content (AvgIpc) is 3.22. The van der Waals surface area contributed by atoms with Gasteiger partial charge in [-0.15, -0.1) is 0 Å². The lowest BCUT2D eigenvalue weighted by Gasteiger charge is -2.21. The van der Waals surface area contributed by atoms with Crippen LogP contribution in [0.3, 0.4) is 0 Å². The van der Waals surface area contributed by atoms with Gasteiger partial charge < -0.3 is 10.6 Å². The summed E-state index contributed by atoms with van der Waals surface area (Å²) in [6, 6.07) is 3.91. The molecule has 1 aromatic carbocycles. The highest BCUT2D eigenvalue weighted by molar-refractivity contribution is 5.78. The van der Waals surface area contributed by atoms with Crippen molar-refractivity contribution in [3.8, 4) is 0 Å². The van der Waals surface area contributed by atoms with Crippen molar-refractivity contribution in [2.75, 3.05) is 13.1 Å². The molecule has 0 aromatic heterocycles. The van der Waals surface area contributed by atoms with E-state index in [0.29, 0.717) is 12.4 Å². The Labute approximate surface area is 123 Å². The van der Waals surface area contributed by atoms with Crippen molar-refractivity contribution < 1.29 is 8.78 Å². The fourth-order valence-electron chi connectivity index (χ4n) is 3.05. The fraction of sp³-hybridized carbons (Fsp3) is 0.562. The third kappa shape index (κ3) is 3.17. The molecule has 21 heavy (non-hydrogen) atoms. The van der Waals surface area contributed by atoms with Crippen LogP contribution in [0, 0.1) is 11.6 Å². The van der Waals surface area contributed by atoms with Crippen molar-refractivity contribution in [1.29, 1.82) is 0 Å². The normalized spacial score (nSPS) is 26.6. The van der Waals surface area contributed by atoms with Crippen LogP contribution in [-0.2, 0) is 0 Å². The number of nitrogens with zero attached hydrogens (tertiary/aromatic N) is 2. The molecule has 0 spiro atoms. The summed E-state index contributed by atoms with van der Waals surface area (Å²) in [7, 11) is 0. The number of nitrogens with two attached hydrogens (primary N) is 1. The Morgan fingerprint density at radius 1 is 1.10 bits per heavy atom. The third-order valence-electron chi connectivity index (χ3n) is 4.36. The van der Waals surface area contributed by atoms with Crippen LogP contribution >= 0.6 is 0 Å². The number of benzene rings is 1. The number of hydrogen-bond donors (Lipinski definition) is 1. The van der Waals surface area contributed by atoms with Crippen molar-refractivity contribution in [3.63, 3.8) is 0 Å². The Kier molecular flexibility index (Phi) is 4.08. The largest absolute Gasteiger partial charge is 0.370 e. The van der Waals surface area contributed by atoms with E-state index < -0.39 is 11.6 Å². The van der Waals surface area contributed by atoms with E-state index in [1.807, 2.05) is 0 Å². The number of likely N-dealkylation sites (tertiary alicyclic amines) is 1. The van der Waals surface area contributed by atoms with Gasteiger partial charge in [-0.05, 0) is 31.4 Å². The number of hydrogen-bond acceptors (Lipinski definition) is 1. The first kappa shape index (κ1) is 14.3. The number of guanidine groups is 1. The van der Waals surface area contributed by atoms with Gasteiger partial charge in [-0.3, -0.25) is 0 Å². The van der Waals surface area contributed by atoms with Crippen LogP contribution in [0.25, 0.3) is 0 Å². The third-order valence-corrected chi connectivity index (χ3v) is 4.36. The van der Waals surface area contributed by atoms with Gasteiger partial charge in [-0.1, -0.05) is 18.9 Å². The molecule has 2 fully saturated rings. The second kappa shape index (κ2) is 6.00. The van der Waals surface area contributed by atoms with Crippen molar-refractivity contribution in [3.05, 3.63) is 35.4 Å². The summed E-state index contributed by atoms with van der Waals surface area (Å²) in [6.45, 7) is 1.86. The number of aliphatic imine (C=N–C) groups is 1. The van der Waals surface area contributed by atoms with Crippen molar-refractivity contribution in [1.82, 2.24) is 4.90 Å². The molecule has 1 saturated carbocycles. The first-order chi connectivity index (χ1) is 10.2.